The second-order valence-corrected chi connectivity index (χ2v) is 3.55. The molecule has 0 aliphatic heterocycles. The summed E-state index contributed by atoms with van der Waals surface area (Å²) in [5.41, 5.74) is 2.48. The fourth-order valence-electron chi connectivity index (χ4n) is 1.79. The van der Waals surface area contributed by atoms with E-state index in [1.54, 1.807) is 11.6 Å². The number of aromatic nitrogens is 4. The van der Waals surface area contributed by atoms with Crippen molar-refractivity contribution in [2.24, 2.45) is 0 Å². The number of hydrogen-bond acceptors (Lipinski definition) is 4. The topological polar surface area (TPSA) is 52.3 Å². The van der Waals surface area contributed by atoms with Crippen LogP contribution in [0.4, 0.5) is 0 Å². The first kappa shape index (κ1) is 9.08. The maximum Gasteiger partial charge on any atom is 0.224 e. The minimum absolute atomic E-state index is 0.605. The van der Waals surface area contributed by atoms with Gasteiger partial charge in [-0.2, -0.15) is 9.50 Å². The smallest absolute Gasteiger partial charge is 0.224 e. The predicted molar refractivity (Wildman–Crippen MR) is 59.6 cm³/mol. The van der Waals surface area contributed by atoms with Crippen LogP contribution in [0.1, 0.15) is 5.69 Å². The summed E-state index contributed by atoms with van der Waals surface area (Å²) in [6.07, 6.45) is 0. The van der Waals surface area contributed by atoms with Crippen molar-refractivity contribution in [1.29, 1.82) is 0 Å². The molecule has 5 nitrogen and oxygen atoms in total. The van der Waals surface area contributed by atoms with Crippen molar-refractivity contribution in [3.8, 4) is 5.88 Å². The Labute approximate surface area is 91.7 Å². The number of para-hydroxylation sites is 1. The Hall–Kier alpha value is -2.17. The van der Waals surface area contributed by atoms with E-state index >= 15 is 0 Å². The third-order valence-electron chi connectivity index (χ3n) is 2.57. The molecule has 0 saturated heterocycles. The number of rotatable bonds is 1. The first-order valence-electron chi connectivity index (χ1n) is 4.96. The summed E-state index contributed by atoms with van der Waals surface area (Å²) in [6, 6.07) is 7.83. The molecule has 0 unspecified atom stereocenters. The number of aryl methyl sites for hydroxylation is 1. The summed E-state index contributed by atoms with van der Waals surface area (Å²) in [6.45, 7) is 1.88. The van der Waals surface area contributed by atoms with Crippen LogP contribution in [-0.2, 0) is 0 Å². The van der Waals surface area contributed by atoms with Gasteiger partial charge in [0, 0.05) is 0 Å². The quantitative estimate of drug-likeness (QED) is 0.617. The van der Waals surface area contributed by atoms with Crippen molar-refractivity contribution in [3.05, 3.63) is 30.0 Å². The van der Waals surface area contributed by atoms with Gasteiger partial charge in [0.15, 0.2) is 5.65 Å². The highest BCUT2D eigenvalue weighted by Gasteiger charge is 2.11. The summed E-state index contributed by atoms with van der Waals surface area (Å²) in [4.78, 5) is 4.40. The lowest BCUT2D eigenvalue weighted by Gasteiger charge is -2.05. The lowest BCUT2D eigenvalue weighted by Crippen LogP contribution is -1.97. The second-order valence-electron chi connectivity index (χ2n) is 3.55. The zero-order chi connectivity index (χ0) is 11.1. The van der Waals surface area contributed by atoms with E-state index in [4.69, 9.17) is 4.74 Å². The van der Waals surface area contributed by atoms with Crippen molar-refractivity contribution in [2.45, 2.75) is 6.92 Å². The molecule has 0 amide bonds. The number of nitrogens with zero attached hydrogens (tertiary/aromatic N) is 4. The van der Waals surface area contributed by atoms with Gasteiger partial charge in [0.25, 0.3) is 0 Å². The minimum Gasteiger partial charge on any atom is -0.480 e. The van der Waals surface area contributed by atoms with E-state index in [0.29, 0.717) is 5.88 Å². The molecule has 0 bridgehead atoms. The van der Waals surface area contributed by atoms with Crippen molar-refractivity contribution in [3.63, 3.8) is 0 Å². The molecular weight excluding hydrogens is 204 g/mol. The molecule has 3 aromatic rings. The lowest BCUT2D eigenvalue weighted by atomic mass is 10.2. The van der Waals surface area contributed by atoms with Crippen LogP contribution in [0, 0.1) is 6.92 Å². The maximum absolute atomic E-state index is 5.28. The normalized spacial score (nSPS) is 11.1. The van der Waals surface area contributed by atoms with Crippen LogP contribution in [0.15, 0.2) is 24.3 Å². The Kier molecular flexibility index (Phi) is 1.80. The summed E-state index contributed by atoms with van der Waals surface area (Å²) in [5.74, 6) is 0.605. The van der Waals surface area contributed by atoms with Crippen molar-refractivity contribution in [1.82, 2.24) is 19.8 Å². The van der Waals surface area contributed by atoms with Gasteiger partial charge >= 0.3 is 0 Å². The molecule has 0 N–H and O–H groups in total. The molecule has 5 heteroatoms. The highest BCUT2D eigenvalue weighted by Crippen LogP contribution is 2.24. The maximum atomic E-state index is 5.28. The van der Waals surface area contributed by atoms with Gasteiger partial charge in [-0.25, -0.2) is 0 Å². The van der Waals surface area contributed by atoms with Gasteiger partial charge in [-0.15, -0.1) is 5.10 Å². The average molecular weight is 214 g/mol. The van der Waals surface area contributed by atoms with E-state index in [1.165, 1.54) is 0 Å². The summed E-state index contributed by atoms with van der Waals surface area (Å²) in [7, 11) is 1.62. The third-order valence-corrected chi connectivity index (χ3v) is 2.57. The standard InChI is InChI=1S/C11H10N4O/c1-7-10-12-11(16-2)8-5-3-4-6-9(8)15(10)14-13-7/h3-6H,1-2H3. The Morgan fingerprint density at radius 2 is 2.06 bits per heavy atom. The van der Waals surface area contributed by atoms with Gasteiger partial charge in [0.2, 0.25) is 5.88 Å². The Morgan fingerprint density at radius 1 is 1.25 bits per heavy atom. The number of benzene rings is 1. The SMILES string of the molecule is COc1nc2c(C)nnn2c2ccccc12. The van der Waals surface area contributed by atoms with E-state index in [-0.39, 0.29) is 0 Å². The van der Waals surface area contributed by atoms with E-state index in [1.807, 2.05) is 31.2 Å². The van der Waals surface area contributed by atoms with E-state index in [2.05, 4.69) is 15.3 Å². The van der Waals surface area contributed by atoms with Crippen LogP contribution in [0.3, 0.4) is 0 Å². The zero-order valence-electron chi connectivity index (χ0n) is 9.01. The molecule has 80 valence electrons. The van der Waals surface area contributed by atoms with Crippen molar-refractivity contribution < 1.29 is 4.74 Å². The summed E-state index contributed by atoms with van der Waals surface area (Å²) >= 11 is 0. The summed E-state index contributed by atoms with van der Waals surface area (Å²) in [5, 5.41) is 9.02. The van der Waals surface area contributed by atoms with Gasteiger partial charge < -0.3 is 4.74 Å². The average Bonchev–Trinajstić information content (AvgIpc) is 2.70. The van der Waals surface area contributed by atoms with Crippen LogP contribution >= 0.6 is 0 Å². The van der Waals surface area contributed by atoms with Gasteiger partial charge in [-0.05, 0) is 19.1 Å². The van der Waals surface area contributed by atoms with Gasteiger partial charge in [-0.3, -0.25) is 0 Å². The molecule has 0 aliphatic carbocycles. The van der Waals surface area contributed by atoms with Crippen LogP contribution in [0.5, 0.6) is 5.88 Å². The van der Waals surface area contributed by atoms with Gasteiger partial charge in [0.05, 0.1) is 18.0 Å². The van der Waals surface area contributed by atoms with E-state index in [0.717, 1.165) is 22.2 Å². The molecule has 2 aromatic heterocycles. The Bertz CT molecular complexity index is 674. The summed E-state index contributed by atoms with van der Waals surface area (Å²) < 4.78 is 7.01. The fraction of sp³-hybridized carbons (Fsp3) is 0.182. The van der Waals surface area contributed by atoms with E-state index < -0.39 is 0 Å². The highest BCUT2D eigenvalue weighted by atomic mass is 16.5. The Morgan fingerprint density at radius 3 is 2.88 bits per heavy atom. The molecule has 0 radical (unpaired) electrons. The largest absolute Gasteiger partial charge is 0.480 e. The Balaban J connectivity index is 2.58. The number of methoxy groups -OCH3 is 1. The molecule has 0 saturated carbocycles. The monoisotopic (exact) mass is 214 g/mol. The predicted octanol–water partition coefficient (Wildman–Crippen LogP) is 1.59. The first-order valence-corrected chi connectivity index (χ1v) is 4.96. The van der Waals surface area contributed by atoms with Crippen LogP contribution in [0.25, 0.3) is 16.6 Å². The van der Waals surface area contributed by atoms with E-state index in [9.17, 15) is 0 Å². The van der Waals surface area contributed by atoms with Gasteiger partial charge in [0.1, 0.15) is 5.69 Å². The molecule has 0 atom stereocenters. The molecule has 16 heavy (non-hydrogen) atoms. The molecule has 0 fully saturated rings. The molecule has 3 rings (SSSR count). The molecule has 1 aromatic carbocycles. The second kappa shape index (κ2) is 3.16. The van der Waals surface area contributed by atoms with Crippen LogP contribution in [-0.4, -0.2) is 26.9 Å². The lowest BCUT2D eigenvalue weighted by molar-refractivity contribution is 0.404. The third kappa shape index (κ3) is 1.08. The molecule has 0 aliphatic rings. The van der Waals surface area contributed by atoms with Crippen molar-refractivity contribution >= 4 is 16.6 Å². The molecule has 2 heterocycles. The molecule has 0 spiro atoms. The first-order chi connectivity index (χ1) is 7.81. The number of fused-ring (bicyclic) bond motifs is 3. The fourth-order valence-corrected chi connectivity index (χ4v) is 1.79. The van der Waals surface area contributed by atoms with Gasteiger partial charge in [-0.1, -0.05) is 17.3 Å². The van der Waals surface area contributed by atoms with Crippen LogP contribution < -0.4 is 4.74 Å². The number of hydrogen-bond donors (Lipinski definition) is 0. The van der Waals surface area contributed by atoms with Crippen molar-refractivity contribution in [2.75, 3.05) is 7.11 Å². The highest BCUT2D eigenvalue weighted by molar-refractivity contribution is 5.85. The molecular formula is C11H10N4O. The van der Waals surface area contributed by atoms with Crippen LogP contribution in [0.2, 0.25) is 0 Å². The minimum atomic E-state index is 0.605. The zero-order valence-corrected chi connectivity index (χ0v) is 9.01. The number of ether oxygens (including phenoxy) is 1.